The monoisotopic (exact) mass is 598 g/mol. The van der Waals surface area contributed by atoms with Crippen molar-refractivity contribution in [3.63, 3.8) is 0 Å². The van der Waals surface area contributed by atoms with Crippen molar-refractivity contribution in [1.82, 2.24) is 5.32 Å². The number of carbonyl (C=O) groups is 4. The van der Waals surface area contributed by atoms with Gasteiger partial charge in [-0.1, -0.05) is 33.6 Å². The molecule has 194 valence electrons. The van der Waals surface area contributed by atoms with Gasteiger partial charge < -0.3 is 8.92 Å². The Hall–Kier alpha value is -4.29. The number of nitrogens with zero attached hydrogens (tertiary/aromatic N) is 1. The number of amides is 4. The second-order valence-electron chi connectivity index (χ2n) is 8.03. The van der Waals surface area contributed by atoms with E-state index in [4.69, 9.17) is 4.18 Å². The largest absolute Gasteiger partial charge is 0.465 e. The van der Waals surface area contributed by atoms with E-state index in [-0.39, 0.29) is 27.5 Å². The van der Waals surface area contributed by atoms with Gasteiger partial charge in [-0.15, -0.1) is 0 Å². The van der Waals surface area contributed by atoms with Gasteiger partial charge in [-0.3, -0.25) is 14.9 Å². The molecule has 0 aromatic heterocycles. The number of ether oxygens (including phenoxy) is 1. The maximum Gasteiger partial charge on any atom is 0.339 e. The molecule has 0 saturated carbocycles. The first kappa shape index (κ1) is 26.8. The van der Waals surface area contributed by atoms with Gasteiger partial charge in [0.1, 0.15) is 16.2 Å². The average molecular weight is 599 g/mol. The molecule has 0 bridgehead atoms. The average Bonchev–Trinajstić information content (AvgIpc) is 2.88. The van der Waals surface area contributed by atoms with Gasteiger partial charge in [0.15, 0.2) is 0 Å². The van der Waals surface area contributed by atoms with Crippen molar-refractivity contribution in [2.75, 3.05) is 12.0 Å². The fourth-order valence-corrected chi connectivity index (χ4v) is 4.82. The van der Waals surface area contributed by atoms with Crippen LogP contribution in [0.3, 0.4) is 0 Å². The molecule has 4 amide bonds. The van der Waals surface area contributed by atoms with Gasteiger partial charge in [0, 0.05) is 10.0 Å². The fourth-order valence-electron chi connectivity index (χ4n) is 3.49. The van der Waals surface area contributed by atoms with Gasteiger partial charge in [0.2, 0.25) is 0 Å². The number of anilines is 1. The number of benzene rings is 3. The van der Waals surface area contributed by atoms with Gasteiger partial charge in [0.25, 0.3) is 11.8 Å². The molecule has 3 aromatic rings. The highest BCUT2D eigenvalue weighted by molar-refractivity contribution is 9.10. The summed E-state index contributed by atoms with van der Waals surface area (Å²) in [4.78, 5) is 50.8. The highest BCUT2D eigenvalue weighted by Gasteiger charge is 2.37. The van der Waals surface area contributed by atoms with Gasteiger partial charge in [-0.25, -0.2) is 14.5 Å². The summed E-state index contributed by atoms with van der Waals surface area (Å²) in [5, 5.41) is 2.09. The molecule has 1 saturated heterocycles. The Morgan fingerprint density at radius 2 is 1.63 bits per heavy atom. The summed E-state index contributed by atoms with van der Waals surface area (Å²) in [6, 6.07) is 14.8. The van der Waals surface area contributed by atoms with Crippen LogP contribution in [0.5, 0.6) is 5.75 Å². The Bertz CT molecular complexity index is 1600. The van der Waals surface area contributed by atoms with E-state index in [0.717, 1.165) is 16.5 Å². The molecule has 10 nitrogen and oxygen atoms in total. The molecule has 3 aromatic carbocycles. The second-order valence-corrected chi connectivity index (χ2v) is 10.5. The van der Waals surface area contributed by atoms with E-state index in [1.165, 1.54) is 61.7 Å². The number of barbiturate groups is 1. The Morgan fingerprint density at radius 1 is 0.974 bits per heavy atom. The quantitative estimate of drug-likeness (QED) is 0.195. The van der Waals surface area contributed by atoms with Crippen LogP contribution >= 0.6 is 15.9 Å². The molecule has 1 heterocycles. The molecule has 38 heavy (non-hydrogen) atoms. The van der Waals surface area contributed by atoms with Crippen LogP contribution in [0.1, 0.15) is 21.5 Å². The third kappa shape index (κ3) is 5.50. The maximum atomic E-state index is 13.3. The standard InChI is InChI=1S/C26H19BrN2O8S/c1-15-3-10-20(11-4-15)38(34,35)37-22-12-7-18(27)13-17(22)14-21-23(30)28-26(33)29(24(21)31)19-8-5-16(6-9-19)25(32)36-2/h3-14H,1-2H3,(H,28,30,33)/b21-14+. The molecule has 0 atom stereocenters. The molecule has 0 radical (unpaired) electrons. The molecular weight excluding hydrogens is 580 g/mol. The van der Waals surface area contributed by atoms with E-state index in [1.807, 2.05) is 6.92 Å². The SMILES string of the molecule is COC(=O)c1ccc(N2C(=O)NC(=O)/C(=C\c3cc(Br)ccc3OS(=O)(=O)c3ccc(C)cc3)C2=O)cc1. The highest BCUT2D eigenvalue weighted by Crippen LogP contribution is 2.30. The predicted molar refractivity (Wildman–Crippen MR) is 140 cm³/mol. The number of hydrogen-bond donors (Lipinski definition) is 1. The number of aryl methyl sites for hydroxylation is 1. The topological polar surface area (TPSA) is 136 Å². The van der Waals surface area contributed by atoms with Gasteiger partial charge in [-0.2, -0.15) is 8.42 Å². The zero-order chi connectivity index (χ0) is 27.6. The van der Waals surface area contributed by atoms with Gasteiger partial charge >= 0.3 is 22.1 Å². The zero-order valence-electron chi connectivity index (χ0n) is 19.9. The number of nitrogens with one attached hydrogen (secondary N) is 1. The molecule has 12 heteroatoms. The van der Waals surface area contributed by atoms with Crippen molar-refractivity contribution < 1.29 is 36.5 Å². The predicted octanol–water partition coefficient (Wildman–Crippen LogP) is 3.98. The Morgan fingerprint density at radius 3 is 2.26 bits per heavy atom. The van der Waals surface area contributed by atoms with Crippen LogP contribution in [-0.4, -0.2) is 39.3 Å². The van der Waals surface area contributed by atoms with E-state index < -0.39 is 39.5 Å². The molecule has 0 unspecified atom stereocenters. The lowest BCUT2D eigenvalue weighted by Gasteiger charge is -2.26. The minimum absolute atomic E-state index is 0.0803. The van der Waals surface area contributed by atoms with Crippen molar-refractivity contribution in [3.8, 4) is 5.75 Å². The molecule has 0 spiro atoms. The first-order valence-corrected chi connectivity index (χ1v) is 13.1. The summed E-state index contributed by atoms with van der Waals surface area (Å²) in [6.45, 7) is 1.81. The van der Waals surface area contributed by atoms with Crippen molar-refractivity contribution in [1.29, 1.82) is 0 Å². The minimum atomic E-state index is -4.24. The van der Waals surface area contributed by atoms with Crippen LogP contribution in [-0.2, 0) is 24.4 Å². The fraction of sp³-hybridized carbons (Fsp3) is 0.0769. The van der Waals surface area contributed by atoms with E-state index in [1.54, 1.807) is 12.1 Å². The molecule has 1 N–H and O–H groups in total. The van der Waals surface area contributed by atoms with E-state index in [2.05, 4.69) is 26.0 Å². The number of imide groups is 2. The van der Waals surface area contributed by atoms with E-state index in [0.29, 0.717) is 4.47 Å². The minimum Gasteiger partial charge on any atom is -0.465 e. The summed E-state index contributed by atoms with van der Waals surface area (Å²) in [5.74, 6) is -2.69. The number of esters is 1. The summed E-state index contributed by atoms with van der Waals surface area (Å²) in [7, 11) is -3.03. The number of methoxy groups -OCH3 is 1. The molecule has 1 fully saturated rings. The Labute approximate surface area is 226 Å². The first-order chi connectivity index (χ1) is 18.0. The Balaban J connectivity index is 1.71. The summed E-state index contributed by atoms with van der Waals surface area (Å²) in [6.07, 6.45) is 1.13. The molecular formula is C26H19BrN2O8S. The summed E-state index contributed by atoms with van der Waals surface area (Å²) in [5.41, 5.74) is 0.782. The molecule has 0 aliphatic carbocycles. The van der Waals surface area contributed by atoms with Crippen LogP contribution in [0.25, 0.3) is 6.08 Å². The molecule has 4 rings (SSSR count). The van der Waals surface area contributed by atoms with E-state index >= 15 is 0 Å². The summed E-state index contributed by atoms with van der Waals surface area (Å²) < 4.78 is 36.2. The summed E-state index contributed by atoms with van der Waals surface area (Å²) >= 11 is 3.28. The maximum absolute atomic E-state index is 13.3. The third-order valence-corrected chi connectivity index (χ3v) is 7.17. The van der Waals surface area contributed by atoms with Crippen molar-refractivity contribution in [2.45, 2.75) is 11.8 Å². The second kappa shape index (κ2) is 10.6. The van der Waals surface area contributed by atoms with Crippen LogP contribution in [0.4, 0.5) is 10.5 Å². The molecule has 1 aliphatic heterocycles. The lowest BCUT2D eigenvalue weighted by molar-refractivity contribution is -0.122. The molecule has 1 aliphatic rings. The zero-order valence-corrected chi connectivity index (χ0v) is 22.3. The lowest BCUT2D eigenvalue weighted by atomic mass is 10.1. The van der Waals surface area contributed by atoms with Crippen LogP contribution in [0, 0.1) is 6.92 Å². The van der Waals surface area contributed by atoms with Crippen molar-refractivity contribution >= 4 is 61.6 Å². The number of rotatable bonds is 6. The Kier molecular flexibility index (Phi) is 7.46. The third-order valence-electron chi connectivity index (χ3n) is 5.43. The van der Waals surface area contributed by atoms with Crippen LogP contribution in [0.15, 0.2) is 81.7 Å². The highest BCUT2D eigenvalue weighted by atomic mass is 79.9. The van der Waals surface area contributed by atoms with Crippen molar-refractivity contribution in [2.24, 2.45) is 0 Å². The smallest absolute Gasteiger partial charge is 0.339 e. The van der Waals surface area contributed by atoms with Gasteiger partial charge in [0.05, 0.1) is 18.4 Å². The van der Waals surface area contributed by atoms with Crippen molar-refractivity contribution in [3.05, 3.63) is 93.5 Å². The normalized spacial score (nSPS) is 14.9. The number of urea groups is 1. The number of carbonyl (C=O) groups excluding carboxylic acids is 4. The lowest BCUT2D eigenvalue weighted by Crippen LogP contribution is -2.54. The number of halogens is 1. The number of hydrogen-bond acceptors (Lipinski definition) is 8. The van der Waals surface area contributed by atoms with Gasteiger partial charge in [-0.05, 0) is 67.6 Å². The van der Waals surface area contributed by atoms with E-state index in [9.17, 15) is 27.6 Å². The first-order valence-electron chi connectivity index (χ1n) is 10.9. The van der Waals surface area contributed by atoms with Crippen LogP contribution < -0.4 is 14.4 Å². The van der Waals surface area contributed by atoms with Crippen LogP contribution in [0.2, 0.25) is 0 Å².